The summed E-state index contributed by atoms with van der Waals surface area (Å²) >= 11 is 0. The highest BCUT2D eigenvalue weighted by Gasteiger charge is 2.40. The molecular weight excluding hydrogens is 224 g/mol. The molecular formula is C15H32N2O. The number of rotatable bonds is 7. The summed E-state index contributed by atoms with van der Waals surface area (Å²) in [5.41, 5.74) is 6.23. The van der Waals surface area contributed by atoms with Crippen molar-refractivity contribution in [1.29, 1.82) is 0 Å². The fourth-order valence-corrected chi connectivity index (χ4v) is 2.95. The molecule has 0 aromatic heterocycles. The van der Waals surface area contributed by atoms with Crippen molar-refractivity contribution >= 4 is 0 Å². The third-order valence-electron chi connectivity index (χ3n) is 4.12. The molecule has 0 saturated carbocycles. The van der Waals surface area contributed by atoms with E-state index in [-0.39, 0.29) is 5.54 Å². The van der Waals surface area contributed by atoms with E-state index in [1.165, 1.54) is 0 Å². The lowest BCUT2D eigenvalue weighted by molar-refractivity contribution is 0.0272. The van der Waals surface area contributed by atoms with Gasteiger partial charge in [0.25, 0.3) is 0 Å². The summed E-state index contributed by atoms with van der Waals surface area (Å²) in [6.45, 7) is 16.2. The standard InChI is InChI=1S/C15H32N2O/c1-12(2)8-17(9-13(3)4)15(5,11-16)14-6-7-18-10-14/h12-14H,6-11,16H2,1-5H3. The monoisotopic (exact) mass is 256 g/mol. The fourth-order valence-electron chi connectivity index (χ4n) is 2.95. The lowest BCUT2D eigenvalue weighted by atomic mass is 9.82. The summed E-state index contributed by atoms with van der Waals surface area (Å²) in [5, 5.41) is 0. The predicted molar refractivity (Wildman–Crippen MR) is 77.6 cm³/mol. The molecule has 2 N–H and O–H groups in total. The van der Waals surface area contributed by atoms with E-state index in [0.717, 1.165) is 39.3 Å². The maximum absolute atomic E-state index is 6.14. The molecule has 0 aliphatic carbocycles. The zero-order chi connectivity index (χ0) is 13.8. The van der Waals surface area contributed by atoms with Crippen molar-refractivity contribution in [2.75, 3.05) is 32.8 Å². The fraction of sp³-hybridized carbons (Fsp3) is 1.00. The number of hydrogen-bond donors (Lipinski definition) is 1. The summed E-state index contributed by atoms with van der Waals surface area (Å²) in [6.07, 6.45) is 1.15. The van der Waals surface area contributed by atoms with E-state index in [0.29, 0.717) is 17.8 Å². The molecule has 3 heteroatoms. The molecule has 0 aromatic carbocycles. The Bertz CT molecular complexity index is 227. The van der Waals surface area contributed by atoms with E-state index in [1.54, 1.807) is 0 Å². The van der Waals surface area contributed by atoms with Crippen LogP contribution in [0.2, 0.25) is 0 Å². The first-order chi connectivity index (χ1) is 8.40. The Morgan fingerprint density at radius 1 is 1.22 bits per heavy atom. The maximum atomic E-state index is 6.14. The van der Waals surface area contributed by atoms with Crippen LogP contribution in [0.4, 0.5) is 0 Å². The van der Waals surface area contributed by atoms with Gasteiger partial charge >= 0.3 is 0 Å². The van der Waals surface area contributed by atoms with Gasteiger partial charge in [-0.25, -0.2) is 0 Å². The zero-order valence-corrected chi connectivity index (χ0v) is 12.9. The molecule has 0 aromatic rings. The van der Waals surface area contributed by atoms with Crippen molar-refractivity contribution in [3.8, 4) is 0 Å². The van der Waals surface area contributed by atoms with E-state index < -0.39 is 0 Å². The zero-order valence-electron chi connectivity index (χ0n) is 12.9. The topological polar surface area (TPSA) is 38.5 Å². The van der Waals surface area contributed by atoms with E-state index >= 15 is 0 Å². The molecule has 1 saturated heterocycles. The molecule has 0 radical (unpaired) electrons. The van der Waals surface area contributed by atoms with Crippen LogP contribution < -0.4 is 5.73 Å². The van der Waals surface area contributed by atoms with Crippen LogP contribution in [0.25, 0.3) is 0 Å². The van der Waals surface area contributed by atoms with Crippen LogP contribution in [0.1, 0.15) is 41.0 Å². The van der Waals surface area contributed by atoms with Crippen LogP contribution in [0.15, 0.2) is 0 Å². The van der Waals surface area contributed by atoms with Gasteiger partial charge in [0.1, 0.15) is 0 Å². The second-order valence-corrected chi connectivity index (χ2v) is 6.81. The first-order valence-electron chi connectivity index (χ1n) is 7.43. The van der Waals surface area contributed by atoms with Gasteiger partial charge < -0.3 is 10.5 Å². The first kappa shape index (κ1) is 15.9. The van der Waals surface area contributed by atoms with E-state index in [9.17, 15) is 0 Å². The van der Waals surface area contributed by atoms with Gasteiger partial charge in [-0.1, -0.05) is 27.7 Å². The van der Waals surface area contributed by atoms with Crippen LogP contribution in [-0.4, -0.2) is 43.3 Å². The minimum absolute atomic E-state index is 0.0883. The minimum atomic E-state index is 0.0883. The van der Waals surface area contributed by atoms with Gasteiger partial charge in [-0.05, 0) is 25.2 Å². The molecule has 1 aliphatic rings. The second-order valence-electron chi connectivity index (χ2n) is 6.81. The average molecular weight is 256 g/mol. The quantitative estimate of drug-likeness (QED) is 0.760. The molecule has 18 heavy (non-hydrogen) atoms. The Kier molecular flexibility index (Phi) is 6.09. The second kappa shape index (κ2) is 6.88. The summed E-state index contributed by atoms with van der Waals surface area (Å²) in [4.78, 5) is 2.61. The average Bonchev–Trinajstić information content (AvgIpc) is 2.79. The van der Waals surface area contributed by atoms with Gasteiger partial charge in [-0.15, -0.1) is 0 Å². The Balaban J connectivity index is 2.82. The Labute approximate surface area is 113 Å². The molecule has 2 atom stereocenters. The summed E-state index contributed by atoms with van der Waals surface area (Å²) in [6, 6.07) is 0. The van der Waals surface area contributed by atoms with Crippen molar-refractivity contribution < 1.29 is 4.74 Å². The molecule has 0 amide bonds. The van der Waals surface area contributed by atoms with Gasteiger partial charge in [0.05, 0.1) is 6.61 Å². The van der Waals surface area contributed by atoms with Crippen molar-refractivity contribution in [3.63, 3.8) is 0 Å². The molecule has 1 heterocycles. The van der Waals surface area contributed by atoms with E-state index in [1.807, 2.05) is 0 Å². The van der Waals surface area contributed by atoms with Gasteiger partial charge in [0.15, 0.2) is 0 Å². The lowest BCUT2D eigenvalue weighted by Gasteiger charge is -2.46. The van der Waals surface area contributed by atoms with Gasteiger partial charge in [-0.2, -0.15) is 0 Å². The summed E-state index contributed by atoms with van der Waals surface area (Å²) in [5.74, 6) is 1.94. The molecule has 2 unspecified atom stereocenters. The largest absolute Gasteiger partial charge is 0.381 e. The summed E-state index contributed by atoms with van der Waals surface area (Å²) < 4.78 is 5.58. The van der Waals surface area contributed by atoms with Crippen LogP contribution >= 0.6 is 0 Å². The predicted octanol–water partition coefficient (Wildman–Crippen LogP) is 2.35. The van der Waals surface area contributed by atoms with Crippen molar-refractivity contribution in [1.82, 2.24) is 4.90 Å². The van der Waals surface area contributed by atoms with Gasteiger partial charge in [0, 0.05) is 37.7 Å². The highest BCUT2D eigenvalue weighted by atomic mass is 16.5. The molecule has 108 valence electrons. The van der Waals surface area contributed by atoms with Crippen LogP contribution in [0.5, 0.6) is 0 Å². The van der Waals surface area contributed by atoms with E-state index in [2.05, 4.69) is 39.5 Å². The number of hydrogen-bond acceptors (Lipinski definition) is 3. The lowest BCUT2D eigenvalue weighted by Crippen LogP contribution is -2.58. The van der Waals surface area contributed by atoms with Crippen molar-refractivity contribution in [2.45, 2.75) is 46.6 Å². The smallest absolute Gasteiger partial charge is 0.0513 e. The molecule has 0 bridgehead atoms. The minimum Gasteiger partial charge on any atom is -0.381 e. The SMILES string of the molecule is CC(C)CN(CC(C)C)C(C)(CN)C1CCOC1. The highest BCUT2D eigenvalue weighted by Crippen LogP contribution is 2.31. The molecule has 1 rings (SSSR count). The van der Waals surface area contributed by atoms with Crippen LogP contribution in [0, 0.1) is 17.8 Å². The Morgan fingerprint density at radius 3 is 2.11 bits per heavy atom. The Morgan fingerprint density at radius 2 is 1.78 bits per heavy atom. The number of nitrogens with two attached hydrogens (primary N) is 1. The molecule has 1 aliphatic heterocycles. The van der Waals surface area contributed by atoms with Crippen LogP contribution in [0.3, 0.4) is 0 Å². The number of ether oxygens (including phenoxy) is 1. The first-order valence-corrected chi connectivity index (χ1v) is 7.43. The molecule has 0 spiro atoms. The van der Waals surface area contributed by atoms with Crippen LogP contribution in [-0.2, 0) is 4.74 Å². The molecule has 3 nitrogen and oxygen atoms in total. The van der Waals surface area contributed by atoms with Crippen molar-refractivity contribution in [3.05, 3.63) is 0 Å². The molecule has 1 fully saturated rings. The number of nitrogens with zero attached hydrogens (tertiary/aromatic N) is 1. The maximum Gasteiger partial charge on any atom is 0.0513 e. The third-order valence-corrected chi connectivity index (χ3v) is 4.12. The van der Waals surface area contributed by atoms with Crippen molar-refractivity contribution in [2.24, 2.45) is 23.5 Å². The Hall–Kier alpha value is -0.120. The normalized spacial score (nSPS) is 24.2. The highest BCUT2D eigenvalue weighted by molar-refractivity contribution is 4.96. The van der Waals surface area contributed by atoms with E-state index in [4.69, 9.17) is 10.5 Å². The van der Waals surface area contributed by atoms with Gasteiger partial charge in [-0.3, -0.25) is 4.90 Å². The van der Waals surface area contributed by atoms with Gasteiger partial charge in [0.2, 0.25) is 0 Å². The third kappa shape index (κ3) is 3.94. The summed E-state index contributed by atoms with van der Waals surface area (Å²) in [7, 11) is 0.